The molecule has 4 nitrogen and oxygen atoms in total. The molecule has 1 atom stereocenters. The van der Waals surface area contributed by atoms with Crippen LogP contribution in [0.1, 0.15) is 12.5 Å². The summed E-state index contributed by atoms with van der Waals surface area (Å²) in [7, 11) is 1.71. The molecule has 5 heteroatoms. The molecule has 0 bridgehead atoms. The molecular weight excluding hydrogens is 276 g/mol. The Labute approximate surface area is 126 Å². The minimum absolute atomic E-state index is 0.368. The Hall–Kier alpha value is -0.810. The Morgan fingerprint density at radius 3 is 3.05 bits per heavy atom. The summed E-state index contributed by atoms with van der Waals surface area (Å²) in [5, 5.41) is 4.13. The smallest absolute Gasteiger partial charge is 0.0668 e. The minimum atomic E-state index is 0.368. The quantitative estimate of drug-likeness (QED) is 0.817. The summed E-state index contributed by atoms with van der Waals surface area (Å²) >= 11 is 6.43. The molecule has 112 valence electrons. The maximum absolute atomic E-state index is 6.43. The highest BCUT2D eigenvalue weighted by atomic mass is 35.5. The van der Waals surface area contributed by atoms with Crippen molar-refractivity contribution in [1.29, 1.82) is 0 Å². The summed E-state index contributed by atoms with van der Waals surface area (Å²) in [5.74, 6) is 0. The first-order chi connectivity index (χ1) is 9.72. The maximum Gasteiger partial charge on any atom is 0.0668 e. The first kappa shape index (κ1) is 15.6. The van der Waals surface area contributed by atoms with Crippen molar-refractivity contribution in [2.45, 2.75) is 19.5 Å². The van der Waals surface area contributed by atoms with Crippen molar-refractivity contribution in [3.05, 3.63) is 28.8 Å². The highest BCUT2D eigenvalue weighted by molar-refractivity contribution is 6.33. The van der Waals surface area contributed by atoms with Gasteiger partial charge in [-0.25, -0.2) is 0 Å². The maximum atomic E-state index is 6.43. The molecule has 0 amide bonds. The molecule has 1 aromatic carbocycles. The van der Waals surface area contributed by atoms with Crippen LogP contribution in [0.5, 0.6) is 0 Å². The summed E-state index contributed by atoms with van der Waals surface area (Å²) in [6, 6.07) is 6.64. The van der Waals surface area contributed by atoms with Crippen LogP contribution in [-0.2, 0) is 16.0 Å². The highest BCUT2D eigenvalue weighted by Crippen LogP contribution is 2.29. The molecule has 1 saturated heterocycles. The molecule has 1 N–H and O–H groups in total. The number of nitrogens with zero attached hydrogens (tertiary/aromatic N) is 1. The average Bonchev–Trinajstić information content (AvgIpc) is 2.45. The summed E-state index contributed by atoms with van der Waals surface area (Å²) < 4.78 is 10.5. The van der Waals surface area contributed by atoms with E-state index < -0.39 is 0 Å². The number of rotatable bonds is 6. The van der Waals surface area contributed by atoms with Gasteiger partial charge in [0, 0.05) is 32.8 Å². The molecule has 1 heterocycles. The van der Waals surface area contributed by atoms with E-state index in [0.717, 1.165) is 50.2 Å². The van der Waals surface area contributed by atoms with E-state index in [0.29, 0.717) is 6.04 Å². The van der Waals surface area contributed by atoms with Crippen molar-refractivity contribution in [1.82, 2.24) is 5.32 Å². The summed E-state index contributed by atoms with van der Waals surface area (Å²) in [5.41, 5.74) is 2.29. The van der Waals surface area contributed by atoms with Crippen LogP contribution >= 0.6 is 11.6 Å². The predicted molar refractivity (Wildman–Crippen MR) is 82.7 cm³/mol. The molecule has 1 fully saturated rings. The Balaban J connectivity index is 1.98. The van der Waals surface area contributed by atoms with Crippen LogP contribution in [0.25, 0.3) is 0 Å². The first-order valence-corrected chi connectivity index (χ1v) is 7.42. The number of anilines is 1. The van der Waals surface area contributed by atoms with E-state index >= 15 is 0 Å². The van der Waals surface area contributed by atoms with Gasteiger partial charge >= 0.3 is 0 Å². The van der Waals surface area contributed by atoms with E-state index in [1.54, 1.807) is 7.11 Å². The fourth-order valence-electron chi connectivity index (χ4n) is 2.39. The molecule has 0 saturated carbocycles. The number of hydrogen-bond acceptors (Lipinski definition) is 4. The van der Waals surface area contributed by atoms with Gasteiger partial charge in [0.25, 0.3) is 0 Å². The van der Waals surface area contributed by atoms with Gasteiger partial charge in [-0.05, 0) is 24.6 Å². The molecule has 0 aromatic heterocycles. The zero-order chi connectivity index (χ0) is 14.4. The van der Waals surface area contributed by atoms with Gasteiger partial charge in [-0.2, -0.15) is 0 Å². The lowest BCUT2D eigenvalue weighted by Crippen LogP contribution is -2.43. The fraction of sp³-hybridized carbons (Fsp3) is 0.600. The molecule has 0 aliphatic carbocycles. The molecule has 20 heavy (non-hydrogen) atoms. The van der Waals surface area contributed by atoms with Gasteiger partial charge in [0.2, 0.25) is 0 Å². The van der Waals surface area contributed by atoms with E-state index in [4.69, 9.17) is 21.1 Å². The lowest BCUT2D eigenvalue weighted by Gasteiger charge is -2.35. The highest BCUT2D eigenvalue weighted by Gasteiger charge is 2.20. The number of nitrogens with one attached hydrogen (secondary N) is 1. The Kier molecular flexibility index (Phi) is 6.10. The lowest BCUT2D eigenvalue weighted by atomic mass is 10.1. The van der Waals surface area contributed by atoms with Crippen LogP contribution in [-0.4, -0.2) is 46.1 Å². The Bertz CT molecular complexity index is 428. The SMILES string of the molecule is COCCNCc1ccc(N2CCOCC2C)c(Cl)c1. The fourth-order valence-corrected chi connectivity index (χ4v) is 2.70. The van der Waals surface area contributed by atoms with Crippen LogP contribution in [0.2, 0.25) is 5.02 Å². The molecule has 0 spiro atoms. The van der Waals surface area contributed by atoms with Gasteiger partial charge in [-0.15, -0.1) is 0 Å². The second-order valence-corrected chi connectivity index (χ2v) is 5.48. The van der Waals surface area contributed by atoms with Crippen LogP contribution in [0.3, 0.4) is 0 Å². The van der Waals surface area contributed by atoms with Gasteiger partial charge in [0.05, 0.1) is 30.5 Å². The second kappa shape index (κ2) is 7.84. The summed E-state index contributed by atoms with van der Waals surface area (Å²) in [6.45, 7) is 6.95. The Morgan fingerprint density at radius 1 is 1.50 bits per heavy atom. The number of halogens is 1. The van der Waals surface area contributed by atoms with Crippen molar-refractivity contribution in [2.75, 3.05) is 44.9 Å². The third kappa shape index (κ3) is 4.09. The zero-order valence-electron chi connectivity index (χ0n) is 12.2. The molecule has 0 radical (unpaired) electrons. The van der Waals surface area contributed by atoms with Crippen molar-refractivity contribution >= 4 is 17.3 Å². The monoisotopic (exact) mass is 298 g/mol. The lowest BCUT2D eigenvalue weighted by molar-refractivity contribution is 0.0989. The van der Waals surface area contributed by atoms with E-state index in [-0.39, 0.29) is 0 Å². The van der Waals surface area contributed by atoms with Crippen LogP contribution in [0.4, 0.5) is 5.69 Å². The Morgan fingerprint density at radius 2 is 2.35 bits per heavy atom. The third-order valence-corrected chi connectivity index (χ3v) is 3.80. The second-order valence-electron chi connectivity index (χ2n) is 5.07. The van der Waals surface area contributed by atoms with E-state index in [1.807, 2.05) is 6.07 Å². The van der Waals surface area contributed by atoms with Crippen molar-refractivity contribution in [2.24, 2.45) is 0 Å². The number of benzene rings is 1. The van der Waals surface area contributed by atoms with Crippen molar-refractivity contribution < 1.29 is 9.47 Å². The average molecular weight is 299 g/mol. The molecule has 1 aromatic rings. The largest absolute Gasteiger partial charge is 0.383 e. The number of ether oxygens (including phenoxy) is 2. The molecule has 1 unspecified atom stereocenters. The number of methoxy groups -OCH3 is 1. The summed E-state index contributed by atoms with van der Waals surface area (Å²) in [4.78, 5) is 2.31. The first-order valence-electron chi connectivity index (χ1n) is 7.05. The van der Waals surface area contributed by atoms with Crippen LogP contribution < -0.4 is 10.2 Å². The molecule has 2 rings (SSSR count). The van der Waals surface area contributed by atoms with E-state index in [1.165, 1.54) is 5.56 Å². The normalized spacial score (nSPS) is 19.4. The van der Waals surface area contributed by atoms with Crippen molar-refractivity contribution in [3.8, 4) is 0 Å². The van der Waals surface area contributed by atoms with Gasteiger partial charge in [-0.1, -0.05) is 17.7 Å². The standard InChI is InChI=1S/C15H23ClN2O2/c1-12-11-20-8-6-18(12)15-4-3-13(9-14(15)16)10-17-5-7-19-2/h3-4,9,12,17H,5-8,10-11H2,1-2H3. The molecule has 1 aliphatic rings. The van der Waals surface area contributed by atoms with Gasteiger partial charge in [0.1, 0.15) is 0 Å². The summed E-state index contributed by atoms with van der Waals surface area (Å²) in [6.07, 6.45) is 0. The van der Waals surface area contributed by atoms with E-state index in [2.05, 4.69) is 29.3 Å². The van der Waals surface area contributed by atoms with Gasteiger partial charge in [0.15, 0.2) is 0 Å². The van der Waals surface area contributed by atoms with Crippen LogP contribution in [0.15, 0.2) is 18.2 Å². The number of morpholine rings is 1. The number of hydrogen-bond donors (Lipinski definition) is 1. The predicted octanol–water partition coefficient (Wildman–Crippen LogP) is 2.30. The van der Waals surface area contributed by atoms with E-state index in [9.17, 15) is 0 Å². The van der Waals surface area contributed by atoms with Gasteiger partial charge in [-0.3, -0.25) is 0 Å². The topological polar surface area (TPSA) is 33.7 Å². The minimum Gasteiger partial charge on any atom is -0.383 e. The van der Waals surface area contributed by atoms with Crippen molar-refractivity contribution in [3.63, 3.8) is 0 Å². The zero-order valence-corrected chi connectivity index (χ0v) is 12.9. The third-order valence-electron chi connectivity index (χ3n) is 3.50. The van der Waals surface area contributed by atoms with Gasteiger partial charge < -0.3 is 19.7 Å². The van der Waals surface area contributed by atoms with Crippen LogP contribution in [0, 0.1) is 0 Å². The molecular formula is C15H23ClN2O2. The molecule has 1 aliphatic heterocycles.